The Morgan fingerprint density at radius 2 is 2.10 bits per heavy atom. The number of halogens is 2. The number of nitrogens with one attached hydrogen (secondary N) is 1. The van der Waals surface area contributed by atoms with E-state index in [4.69, 9.17) is 11.6 Å². The molecule has 2 aromatic rings. The van der Waals surface area contributed by atoms with Crippen molar-refractivity contribution in [3.63, 3.8) is 0 Å². The van der Waals surface area contributed by atoms with Gasteiger partial charge in [-0.05, 0) is 31.9 Å². The van der Waals surface area contributed by atoms with E-state index in [1.165, 1.54) is 18.9 Å². The van der Waals surface area contributed by atoms with E-state index in [2.05, 4.69) is 14.9 Å². The van der Waals surface area contributed by atoms with Gasteiger partial charge in [0.25, 0.3) is 0 Å². The minimum absolute atomic E-state index is 0.291. The third-order valence-corrected chi connectivity index (χ3v) is 4.09. The second-order valence-electron chi connectivity index (χ2n) is 5.27. The van der Waals surface area contributed by atoms with Gasteiger partial charge in [0, 0.05) is 12.2 Å². The molecule has 1 fully saturated rings. The highest BCUT2D eigenvalue weighted by Gasteiger charge is 2.21. The minimum atomic E-state index is -0.365. The molecular weight excluding hydrogens is 277 g/mol. The monoisotopic (exact) mass is 293 g/mol. The maximum Gasteiger partial charge on any atom is 0.207 e. The van der Waals surface area contributed by atoms with Crippen LogP contribution in [-0.2, 0) is 0 Å². The predicted molar refractivity (Wildman–Crippen MR) is 79.2 cm³/mol. The van der Waals surface area contributed by atoms with Crippen molar-refractivity contribution in [2.45, 2.75) is 38.6 Å². The zero-order valence-corrected chi connectivity index (χ0v) is 12.1. The average Bonchev–Trinajstić information content (AvgIpc) is 3.03. The predicted octanol–water partition coefficient (Wildman–Crippen LogP) is 4.84. The van der Waals surface area contributed by atoms with E-state index in [1.807, 2.05) is 13.1 Å². The molecule has 0 atom stereocenters. The van der Waals surface area contributed by atoms with E-state index in [1.54, 1.807) is 12.1 Å². The summed E-state index contributed by atoms with van der Waals surface area (Å²) >= 11 is 6.06. The Morgan fingerprint density at radius 3 is 2.80 bits per heavy atom. The van der Waals surface area contributed by atoms with E-state index in [-0.39, 0.29) is 5.82 Å². The zero-order chi connectivity index (χ0) is 14.1. The molecule has 0 aliphatic heterocycles. The molecule has 0 unspecified atom stereocenters. The maximum atomic E-state index is 13.9. The molecule has 3 nitrogen and oxygen atoms in total. The van der Waals surface area contributed by atoms with E-state index in [0.29, 0.717) is 22.7 Å². The van der Waals surface area contributed by atoms with Gasteiger partial charge in [0.15, 0.2) is 0 Å². The smallest absolute Gasteiger partial charge is 0.207 e. The Hall–Kier alpha value is -1.55. The molecule has 1 aromatic heterocycles. The number of anilines is 2. The lowest BCUT2D eigenvalue weighted by atomic mass is 10.2. The molecule has 0 spiro atoms. The van der Waals surface area contributed by atoms with Crippen molar-refractivity contribution in [2.75, 3.05) is 5.32 Å². The highest BCUT2D eigenvalue weighted by atomic mass is 35.5. The lowest BCUT2D eigenvalue weighted by Gasteiger charge is -2.16. The molecule has 0 saturated heterocycles. The summed E-state index contributed by atoms with van der Waals surface area (Å²) in [4.78, 5) is 4.46. The normalized spacial score (nSPS) is 15.8. The Balaban J connectivity index is 1.94. The standard InChI is InChI=1S/C15H17ClFN3/c1-10-9-20(11-5-2-3-6-11)15(18-10)19-14-12(16)7-4-8-13(14)17/h4,7-9,11H,2-3,5-6H2,1H3,(H,18,19). The average molecular weight is 294 g/mol. The topological polar surface area (TPSA) is 29.9 Å². The first-order chi connectivity index (χ1) is 9.65. The van der Waals surface area contributed by atoms with E-state index >= 15 is 0 Å². The molecule has 0 bridgehead atoms. The second-order valence-corrected chi connectivity index (χ2v) is 5.68. The summed E-state index contributed by atoms with van der Waals surface area (Å²) < 4.78 is 16.0. The molecule has 1 heterocycles. The van der Waals surface area contributed by atoms with Crippen molar-refractivity contribution < 1.29 is 4.39 Å². The van der Waals surface area contributed by atoms with Gasteiger partial charge in [-0.2, -0.15) is 0 Å². The van der Waals surface area contributed by atoms with E-state index in [0.717, 1.165) is 18.5 Å². The molecule has 106 valence electrons. The number of aryl methyl sites for hydroxylation is 1. The number of rotatable bonds is 3. The summed E-state index contributed by atoms with van der Waals surface area (Å²) in [6.07, 6.45) is 6.79. The van der Waals surface area contributed by atoms with Gasteiger partial charge < -0.3 is 9.88 Å². The largest absolute Gasteiger partial charge is 0.322 e. The number of hydrogen-bond acceptors (Lipinski definition) is 2. The summed E-state index contributed by atoms with van der Waals surface area (Å²) in [5, 5.41) is 3.42. The summed E-state index contributed by atoms with van der Waals surface area (Å²) in [5.41, 5.74) is 1.21. The molecule has 1 aliphatic carbocycles. The molecule has 1 aromatic carbocycles. The van der Waals surface area contributed by atoms with Gasteiger partial charge in [0.05, 0.1) is 16.4 Å². The van der Waals surface area contributed by atoms with E-state index < -0.39 is 0 Å². The van der Waals surface area contributed by atoms with Crippen molar-refractivity contribution in [2.24, 2.45) is 0 Å². The first-order valence-corrected chi connectivity index (χ1v) is 7.29. The fourth-order valence-corrected chi connectivity index (χ4v) is 3.01. The number of aromatic nitrogens is 2. The van der Waals surface area contributed by atoms with Gasteiger partial charge >= 0.3 is 0 Å². The lowest BCUT2D eigenvalue weighted by molar-refractivity contribution is 0.524. The van der Waals surface area contributed by atoms with Gasteiger partial charge in [0.1, 0.15) is 5.82 Å². The summed E-state index contributed by atoms with van der Waals surface area (Å²) in [6, 6.07) is 5.11. The van der Waals surface area contributed by atoms with Crippen LogP contribution in [0.4, 0.5) is 16.0 Å². The molecular formula is C15H17ClFN3. The van der Waals surface area contributed by atoms with Gasteiger partial charge in [-0.1, -0.05) is 30.5 Å². The van der Waals surface area contributed by atoms with E-state index in [9.17, 15) is 4.39 Å². The van der Waals surface area contributed by atoms with Crippen LogP contribution >= 0.6 is 11.6 Å². The summed E-state index contributed by atoms with van der Waals surface area (Å²) in [7, 11) is 0. The molecule has 1 N–H and O–H groups in total. The fourth-order valence-electron chi connectivity index (χ4n) is 2.80. The Morgan fingerprint density at radius 1 is 1.35 bits per heavy atom. The SMILES string of the molecule is Cc1cn(C2CCCC2)c(Nc2c(F)cccc2Cl)n1. The van der Waals surface area contributed by atoms with Gasteiger partial charge in [-0.15, -0.1) is 0 Å². The van der Waals surface area contributed by atoms with Gasteiger partial charge in [-0.3, -0.25) is 0 Å². The summed E-state index contributed by atoms with van der Waals surface area (Å²) in [6.45, 7) is 1.94. The highest BCUT2D eigenvalue weighted by molar-refractivity contribution is 6.33. The van der Waals surface area contributed by atoms with Crippen LogP contribution in [0.25, 0.3) is 0 Å². The maximum absolute atomic E-state index is 13.9. The quantitative estimate of drug-likeness (QED) is 0.877. The van der Waals surface area contributed by atoms with Crippen molar-refractivity contribution in [1.82, 2.24) is 9.55 Å². The van der Waals surface area contributed by atoms with Crippen LogP contribution in [0.2, 0.25) is 5.02 Å². The second kappa shape index (κ2) is 5.44. The molecule has 5 heteroatoms. The minimum Gasteiger partial charge on any atom is -0.322 e. The molecule has 0 radical (unpaired) electrons. The molecule has 20 heavy (non-hydrogen) atoms. The van der Waals surface area contributed by atoms with Crippen molar-refractivity contribution >= 4 is 23.2 Å². The molecule has 1 aliphatic rings. The van der Waals surface area contributed by atoms with Crippen molar-refractivity contribution in [1.29, 1.82) is 0 Å². The van der Waals surface area contributed by atoms with Gasteiger partial charge in [0.2, 0.25) is 5.95 Å². The molecule has 0 amide bonds. The van der Waals surface area contributed by atoms with Crippen LogP contribution in [0.1, 0.15) is 37.4 Å². The fraction of sp³-hybridized carbons (Fsp3) is 0.400. The van der Waals surface area contributed by atoms with Crippen LogP contribution in [0.15, 0.2) is 24.4 Å². The van der Waals surface area contributed by atoms with Crippen LogP contribution in [0.5, 0.6) is 0 Å². The van der Waals surface area contributed by atoms with Crippen LogP contribution in [-0.4, -0.2) is 9.55 Å². The van der Waals surface area contributed by atoms with Gasteiger partial charge in [-0.25, -0.2) is 9.37 Å². The highest BCUT2D eigenvalue weighted by Crippen LogP contribution is 2.34. The number of imidazole rings is 1. The number of hydrogen-bond donors (Lipinski definition) is 1. The molecule has 1 saturated carbocycles. The number of benzene rings is 1. The van der Waals surface area contributed by atoms with Crippen LogP contribution in [0.3, 0.4) is 0 Å². The lowest BCUT2D eigenvalue weighted by Crippen LogP contribution is -2.08. The Kier molecular flexibility index (Phi) is 3.66. The number of nitrogens with zero attached hydrogens (tertiary/aromatic N) is 2. The van der Waals surface area contributed by atoms with Crippen LogP contribution < -0.4 is 5.32 Å². The van der Waals surface area contributed by atoms with Crippen LogP contribution in [0, 0.1) is 12.7 Å². The third-order valence-electron chi connectivity index (χ3n) is 3.77. The van der Waals surface area contributed by atoms with Crippen molar-refractivity contribution in [3.05, 3.63) is 40.9 Å². The Labute approximate surface area is 122 Å². The summed E-state index contributed by atoms with van der Waals surface area (Å²) in [5.74, 6) is 0.303. The zero-order valence-electron chi connectivity index (χ0n) is 11.4. The third kappa shape index (κ3) is 2.52. The first kappa shape index (κ1) is 13.4. The number of para-hydroxylation sites is 1. The Bertz CT molecular complexity index is 597. The van der Waals surface area contributed by atoms with Crippen molar-refractivity contribution in [3.8, 4) is 0 Å². The molecule has 3 rings (SSSR count). The first-order valence-electron chi connectivity index (χ1n) is 6.91.